The minimum Gasteiger partial charge on any atom is -0.492 e. The van der Waals surface area contributed by atoms with Gasteiger partial charge < -0.3 is 20.7 Å². The van der Waals surface area contributed by atoms with Crippen molar-refractivity contribution in [2.75, 3.05) is 20.2 Å². The smallest absolute Gasteiger partial charge is 0.253 e. The predicted molar refractivity (Wildman–Crippen MR) is 110 cm³/mol. The van der Waals surface area contributed by atoms with E-state index in [0.29, 0.717) is 42.2 Å². The van der Waals surface area contributed by atoms with Crippen molar-refractivity contribution >= 4 is 11.4 Å². The molecule has 0 radical (unpaired) electrons. The Bertz CT molecular complexity index is 943. The maximum atomic E-state index is 16.0. The zero-order chi connectivity index (χ0) is 21.5. The number of amidine groups is 1. The van der Waals surface area contributed by atoms with Crippen molar-refractivity contribution < 1.29 is 17.9 Å². The second-order valence-corrected chi connectivity index (χ2v) is 7.81. The van der Waals surface area contributed by atoms with E-state index in [1.807, 2.05) is 6.92 Å². The summed E-state index contributed by atoms with van der Waals surface area (Å²) >= 11 is 0. The van der Waals surface area contributed by atoms with Crippen molar-refractivity contribution in [2.45, 2.75) is 44.4 Å². The summed E-state index contributed by atoms with van der Waals surface area (Å²) in [5, 5.41) is 8.97. The monoisotopic (exact) mass is 421 g/mol. The molecule has 0 aliphatic carbocycles. The van der Waals surface area contributed by atoms with Crippen molar-refractivity contribution in [3.63, 3.8) is 0 Å². The SMILES string of the molecule is CN=C1C=C(C)NC(N)(c2cc3c(c(C4=CCN[C@@H](C(F)F)CC4)c2F)OCC3)N1. The fourth-order valence-corrected chi connectivity index (χ4v) is 4.25. The third kappa shape index (κ3) is 3.67. The Morgan fingerprint density at radius 3 is 2.83 bits per heavy atom. The molecule has 0 amide bonds. The molecule has 2 atom stereocenters. The van der Waals surface area contributed by atoms with Gasteiger partial charge >= 0.3 is 0 Å². The average Bonchev–Trinajstić information content (AvgIpc) is 3.02. The number of halogens is 3. The fourth-order valence-electron chi connectivity index (χ4n) is 4.25. The Hall–Kier alpha value is -2.52. The van der Waals surface area contributed by atoms with Gasteiger partial charge in [0.15, 0.2) is 5.79 Å². The van der Waals surface area contributed by atoms with Crippen LogP contribution in [0.25, 0.3) is 5.57 Å². The number of hydrogen-bond donors (Lipinski definition) is 4. The molecule has 30 heavy (non-hydrogen) atoms. The van der Waals surface area contributed by atoms with Gasteiger partial charge in [-0.25, -0.2) is 13.2 Å². The summed E-state index contributed by atoms with van der Waals surface area (Å²) in [7, 11) is 1.62. The lowest BCUT2D eigenvalue weighted by Crippen LogP contribution is -2.64. The molecule has 3 aliphatic rings. The second kappa shape index (κ2) is 7.96. The highest BCUT2D eigenvalue weighted by molar-refractivity contribution is 5.95. The quantitative estimate of drug-likeness (QED) is 0.602. The Kier molecular flexibility index (Phi) is 5.50. The van der Waals surface area contributed by atoms with Crippen LogP contribution in [0.2, 0.25) is 0 Å². The molecule has 6 nitrogen and oxygen atoms in total. The molecule has 1 aromatic rings. The number of benzene rings is 1. The highest BCUT2D eigenvalue weighted by atomic mass is 19.3. The molecule has 0 bridgehead atoms. The first-order valence-electron chi connectivity index (χ1n) is 10.0. The van der Waals surface area contributed by atoms with Crippen molar-refractivity contribution in [1.82, 2.24) is 16.0 Å². The number of allylic oxidation sites excluding steroid dienone is 2. The van der Waals surface area contributed by atoms with Gasteiger partial charge in [0.25, 0.3) is 6.43 Å². The first kappa shape index (κ1) is 20.7. The van der Waals surface area contributed by atoms with E-state index in [0.717, 1.165) is 11.3 Å². The summed E-state index contributed by atoms with van der Waals surface area (Å²) in [6.07, 6.45) is 2.23. The summed E-state index contributed by atoms with van der Waals surface area (Å²) in [5.74, 6) is -0.915. The van der Waals surface area contributed by atoms with E-state index in [4.69, 9.17) is 10.5 Å². The zero-order valence-corrected chi connectivity index (χ0v) is 17.0. The molecule has 9 heteroatoms. The van der Waals surface area contributed by atoms with Gasteiger partial charge in [0.05, 0.1) is 18.2 Å². The number of hydrogen-bond acceptors (Lipinski definition) is 5. The van der Waals surface area contributed by atoms with Crippen LogP contribution in [0.5, 0.6) is 5.75 Å². The average molecular weight is 421 g/mol. The van der Waals surface area contributed by atoms with E-state index >= 15 is 4.39 Å². The fraction of sp³-hybridized carbons (Fsp3) is 0.476. The third-order valence-electron chi connectivity index (χ3n) is 5.73. The molecule has 0 saturated heterocycles. The van der Waals surface area contributed by atoms with Gasteiger partial charge in [-0.3, -0.25) is 10.7 Å². The van der Waals surface area contributed by atoms with Crippen LogP contribution in [-0.2, 0) is 12.2 Å². The lowest BCUT2D eigenvalue weighted by molar-refractivity contribution is 0.0974. The molecule has 0 saturated carbocycles. The molecule has 0 fully saturated rings. The number of nitrogens with zero attached hydrogens (tertiary/aromatic N) is 1. The molecule has 0 spiro atoms. The predicted octanol–water partition coefficient (Wildman–Crippen LogP) is 2.36. The summed E-state index contributed by atoms with van der Waals surface area (Å²) in [5.41, 5.74) is 9.36. The standard InChI is InChI=1S/C21H26F3N5O/c1-11-9-16(26-2)29-21(25,28-11)14-10-13-6-8-30-19(13)17(18(14)22)12-3-4-15(20(23)24)27-7-5-12/h5,9-10,15,20,27-28H,3-4,6-8,25H2,1-2H3,(H,26,29)/t15-,21?/m1/s1. The van der Waals surface area contributed by atoms with E-state index in [2.05, 4.69) is 20.9 Å². The van der Waals surface area contributed by atoms with Gasteiger partial charge in [0.2, 0.25) is 0 Å². The van der Waals surface area contributed by atoms with Crippen molar-refractivity contribution in [3.05, 3.63) is 46.4 Å². The lowest BCUT2D eigenvalue weighted by atomic mass is 9.91. The highest BCUT2D eigenvalue weighted by Gasteiger charge is 2.38. The van der Waals surface area contributed by atoms with Crippen LogP contribution in [-0.4, -0.2) is 38.5 Å². The van der Waals surface area contributed by atoms with Crippen LogP contribution in [0.15, 0.2) is 28.9 Å². The van der Waals surface area contributed by atoms with Crippen LogP contribution in [0.3, 0.4) is 0 Å². The van der Waals surface area contributed by atoms with Crippen LogP contribution in [0.4, 0.5) is 13.2 Å². The maximum Gasteiger partial charge on any atom is 0.253 e. The van der Waals surface area contributed by atoms with Gasteiger partial charge in [0.1, 0.15) is 17.4 Å². The molecule has 5 N–H and O–H groups in total. The highest BCUT2D eigenvalue weighted by Crippen LogP contribution is 2.41. The zero-order valence-electron chi connectivity index (χ0n) is 17.0. The van der Waals surface area contributed by atoms with E-state index in [1.165, 1.54) is 0 Å². The van der Waals surface area contributed by atoms with E-state index in [9.17, 15) is 8.78 Å². The Morgan fingerprint density at radius 1 is 1.30 bits per heavy atom. The largest absolute Gasteiger partial charge is 0.492 e. The Morgan fingerprint density at radius 2 is 2.10 bits per heavy atom. The molecular formula is C21H26F3N5O. The number of nitrogens with one attached hydrogen (secondary N) is 3. The topological polar surface area (TPSA) is 83.7 Å². The Labute approximate surface area is 173 Å². The van der Waals surface area contributed by atoms with Gasteiger partial charge in [-0.15, -0.1) is 0 Å². The number of alkyl halides is 2. The summed E-state index contributed by atoms with van der Waals surface area (Å²) in [4.78, 5) is 4.14. The molecule has 1 unspecified atom stereocenters. The molecular weight excluding hydrogens is 395 g/mol. The number of fused-ring (bicyclic) bond motifs is 1. The van der Waals surface area contributed by atoms with Crippen LogP contribution in [0, 0.1) is 5.82 Å². The van der Waals surface area contributed by atoms with Crippen molar-refractivity contribution in [1.29, 1.82) is 0 Å². The number of rotatable bonds is 3. The third-order valence-corrected chi connectivity index (χ3v) is 5.73. The van der Waals surface area contributed by atoms with Gasteiger partial charge in [-0.1, -0.05) is 6.08 Å². The summed E-state index contributed by atoms with van der Waals surface area (Å²) in [6, 6.07) is 0.794. The molecule has 162 valence electrons. The molecule has 0 aromatic heterocycles. The summed E-state index contributed by atoms with van der Waals surface area (Å²) in [6.45, 7) is 2.50. The minimum absolute atomic E-state index is 0.209. The number of aliphatic imine (C=N–C) groups is 1. The molecule has 3 heterocycles. The molecule has 4 rings (SSSR count). The first-order chi connectivity index (χ1) is 14.3. The normalized spacial score (nSPS) is 27.6. The van der Waals surface area contributed by atoms with Gasteiger partial charge in [0, 0.05) is 31.3 Å². The molecule has 1 aromatic carbocycles. The van der Waals surface area contributed by atoms with Crippen molar-refractivity contribution in [3.8, 4) is 5.75 Å². The Balaban J connectivity index is 1.79. The van der Waals surface area contributed by atoms with Gasteiger partial charge in [-0.05, 0) is 43.0 Å². The summed E-state index contributed by atoms with van der Waals surface area (Å²) < 4.78 is 48.1. The molecule has 3 aliphatic heterocycles. The number of ether oxygens (including phenoxy) is 1. The van der Waals surface area contributed by atoms with E-state index < -0.39 is 24.1 Å². The van der Waals surface area contributed by atoms with Crippen LogP contribution in [0.1, 0.15) is 36.5 Å². The van der Waals surface area contributed by atoms with Gasteiger partial charge in [-0.2, -0.15) is 0 Å². The van der Waals surface area contributed by atoms with E-state index in [-0.39, 0.29) is 18.5 Å². The van der Waals surface area contributed by atoms with E-state index in [1.54, 1.807) is 25.3 Å². The van der Waals surface area contributed by atoms with Crippen LogP contribution < -0.4 is 26.4 Å². The minimum atomic E-state index is -2.47. The van der Waals surface area contributed by atoms with Crippen molar-refractivity contribution in [2.24, 2.45) is 10.7 Å². The first-order valence-corrected chi connectivity index (χ1v) is 10.0. The van der Waals surface area contributed by atoms with Crippen LogP contribution >= 0.6 is 0 Å². The second-order valence-electron chi connectivity index (χ2n) is 7.81. The number of nitrogens with two attached hydrogens (primary N) is 1. The lowest BCUT2D eigenvalue weighted by Gasteiger charge is -2.38. The maximum absolute atomic E-state index is 16.0.